The Hall–Kier alpha value is -3.11. The molecule has 0 aromatic heterocycles. The molecule has 0 saturated heterocycles. The molecule has 3 rings (SSSR count). The molecule has 0 atom stereocenters. The average Bonchev–Trinajstić information content (AvgIpc) is 2.75. The summed E-state index contributed by atoms with van der Waals surface area (Å²) >= 11 is 0. The molecular weight excluding hydrogens is 348 g/mol. The summed E-state index contributed by atoms with van der Waals surface area (Å²) in [5.41, 5.74) is 3.90. The number of benzene rings is 3. The topological polar surface area (TPSA) is 41.6 Å². The largest absolute Gasteiger partial charge is 0.497 e. The number of hydrogen-bond donors (Lipinski definition) is 1. The Morgan fingerprint density at radius 1 is 0.857 bits per heavy atom. The van der Waals surface area contributed by atoms with Crippen molar-refractivity contribution in [2.45, 2.75) is 20.0 Å². The van der Waals surface area contributed by atoms with Crippen LogP contribution in [-0.4, -0.2) is 24.5 Å². The molecule has 0 aliphatic heterocycles. The Kier molecular flexibility index (Phi) is 6.82. The first-order chi connectivity index (χ1) is 13.7. The van der Waals surface area contributed by atoms with Gasteiger partial charge in [0.15, 0.2) is 0 Å². The lowest BCUT2D eigenvalue weighted by Gasteiger charge is -2.21. The number of nitrogens with one attached hydrogen (secondary N) is 1. The molecule has 144 valence electrons. The lowest BCUT2D eigenvalue weighted by atomic mass is 10.1. The van der Waals surface area contributed by atoms with E-state index in [4.69, 9.17) is 4.74 Å². The highest BCUT2D eigenvalue weighted by Crippen LogP contribution is 2.15. The number of methoxy groups -OCH3 is 1. The summed E-state index contributed by atoms with van der Waals surface area (Å²) in [7, 11) is 1.68. The first-order valence-corrected chi connectivity index (χ1v) is 9.48. The quantitative estimate of drug-likeness (QED) is 0.605. The van der Waals surface area contributed by atoms with Crippen molar-refractivity contribution in [1.82, 2.24) is 4.90 Å². The Balaban J connectivity index is 1.59. The first-order valence-electron chi connectivity index (χ1n) is 9.48. The van der Waals surface area contributed by atoms with Crippen molar-refractivity contribution >= 4 is 11.6 Å². The van der Waals surface area contributed by atoms with Gasteiger partial charge in [-0.25, -0.2) is 0 Å². The van der Waals surface area contributed by atoms with Crippen molar-refractivity contribution < 1.29 is 9.53 Å². The van der Waals surface area contributed by atoms with E-state index in [0.29, 0.717) is 5.56 Å². The molecule has 0 heterocycles. The number of anilines is 1. The van der Waals surface area contributed by atoms with Crippen molar-refractivity contribution in [3.8, 4) is 5.75 Å². The highest BCUT2D eigenvalue weighted by atomic mass is 16.5. The van der Waals surface area contributed by atoms with E-state index in [1.807, 2.05) is 66.7 Å². The smallest absolute Gasteiger partial charge is 0.255 e. The third kappa shape index (κ3) is 5.44. The number of para-hydroxylation sites is 1. The predicted molar refractivity (Wildman–Crippen MR) is 114 cm³/mol. The summed E-state index contributed by atoms with van der Waals surface area (Å²) in [5.74, 6) is 0.777. The Labute approximate surface area is 166 Å². The molecule has 0 fully saturated rings. The van der Waals surface area contributed by atoms with Crippen LogP contribution < -0.4 is 10.1 Å². The molecule has 0 bridgehead atoms. The second-order valence-electron chi connectivity index (χ2n) is 6.67. The van der Waals surface area contributed by atoms with Gasteiger partial charge in [0.25, 0.3) is 5.91 Å². The van der Waals surface area contributed by atoms with Gasteiger partial charge in [0.1, 0.15) is 5.75 Å². The van der Waals surface area contributed by atoms with Crippen LogP contribution in [0.25, 0.3) is 0 Å². The van der Waals surface area contributed by atoms with E-state index in [0.717, 1.165) is 31.1 Å². The van der Waals surface area contributed by atoms with E-state index < -0.39 is 0 Å². The standard InChI is InChI=1S/C24H26N2O2/c1-3-26(18-20-11-15-23(28-2)16-12-20)17-19-9-13-21(14-10-19)24(27)25-22-7-5-4-6-8-22/h4-16H,3,17-18H2,1-2H3,(H,25,27). The van der Waals surface area contributed by atoms with Crippen LogP contribution in [0, 0.1) is 0 Å². The van der Waals surface area contributed by atoms with Crippen LogP contribution in [0.1, 0.15) is 28.4 Å². The normalized spacial score (nSPS) is 10.7. The summed E-state index contributed by atoms with van der Waals surface area (Å²) in [5, 5.41) is 2.91. The fourth-order valence-corrected chi connectivity index (χ4v) is 3.01. The van der Waals surface area contributed by atoms with Gasteiger partial charge in [-0.05, 0) is 54.1 Å². The molecule has 0 saturated carbocycles. The number of nitrogens with zero attached hydrogens (tertiary/aromatic N) is 1. The molecule has 0 aliphatic rings. The number of carbonyl (C=O) groups excluding carboxylic acids is 1. The SMILES string of the molecule is CCN(Cc1ccc(OC)cc1)Cc1ccc(C(=O)Nc2ccccc2)cc1. The number of amides is 1. The van der Waals surface area contributed by atoms with E-state index in [9.17, 15) is 4.79 Å². The summed E-state index contributed by atoms with van der Waals surface area (Å²) < 4.78 is 5.22. The van der Waals surface area contributed by atoms with Crippen LogP contribution >= 0.6 is 0 Å². The third-order valence-corrected chi connectivity index (χ3v) is 4.67. The maximum atomic E-state index is 12.4. The van der Waals surface area contributed by atoms with Gasteiger partial charge >= 0.3 is 0 Å². The number of ether oxygens (including phenoxy) is 1. The summed E-state index contributed by atoms with van der Waals surface area (Å²) in [6.45, 7) is 4.81. The maximum Gasteiger partial charge on any atom is 0.255 e. The van der Waals surface area contributed by atoms with Gasteiger partial charge in [-0.3, -0.25) is 9.69 Å². The van der Waals surface area contributed by atoms with Gasteiger partial charge in [-0.2, -0.15) is 0 Å². The number of hydrogen-bond acceptors (Lipinski definition) is 3. The fourth-order valence-electron chi connectivity index (χ4n) is 3.01. The Morgan fingerprint density at radius 3 is 1.96 bits per heavy atom. The molecule has 1 N–H and O–H groups in total. The minimum absolute atomic E-state index is 0.0941. The van der Waals surface area contributed by atoms with Crippen molar-refractivity contribution in [2.24, 2.45) is 0 Å². The Morgan fingerprint density at radius 2 is 1.43 bits per heavy atom. The zero-order valence-corrected chi connectivity index (χ0v) is 16.4. The second-order valence-corrected chi connectivity index (χ2v) is 6.67. The molecule has 0 spiro atoms. The van der Waals surface area contributed by atoms with Gasteiger partial charge in [0.2, 0.25) is 0 Å². The monoisotopic (exact) mass is 374 g/mol. The molecule has 4 heteroatoms. The highest BCUT2D eigenvalue weighted by molar-refractivity contribution is 6.04. The summed E-state index contributed by atoms with van der Waals surface area (Å²) in [6.07, 6.45) is 0. The maximum absolute atomic E-state index is 12.4. The van der Waals surface area contributed by atoms with E-state index in [2.05, 4.69) is 29.3 Å². The van der Waals surface area contributed by atoms with E-state index in [1.165, 1.54) is 11.1 Å². The van der Waals surface area contributed by atoms with E-state index in [1.54, 1.807) is 7.11 Å². The molecule has 0 radical (unpaired) electrons. The van der Waals surface area contributed by atoms with Crippen LogP contribution in [0.2, 0.25) is 0 Å². The van der Waals surface area contributed by atoms with Crippen LogP contribution in [0.15, 0.2) is 78.9 Å². The van der Waals surface area contributed by atoms with Crippen molar-refractivity contribution in [3.05, 3.63) is 95.6 Å². The summed E-state index contributed by atoms with van der Waals surface area (Å²) in [6, 6.07) is 25.5. The molecular formula is C24H26N2O2. The predicted octanol–water partition coefficient (Wildman–Crippen LogP) is 4.97. The van der Waals surface area contributed by atoms with Crippen LogP contribution in [-0.2, 0) is 13.1 Å². The first kappa shape index (κ1) is 19.6. The Bertz CT molecular complexity index is 875. The number of rotatable bonds is 8. The zero-order valence-electron chi connectivity index (χ0n) is 16.4. The van der Waals surface area contributed by atoms with Crippen molar-refractivity contribution in [1.29, 1.82) is 0 Å². The molecule has 3 aromatic carbocycles. The molecule has 28 heavy (non-hydrogen) atoms. The fraction of sp³-hybridized carbons (Fsp3) is 0.208. The minimum Gasteiger partial charge on any atom is -0.497 e. The minimum atomic E-state index is -0.0941. The van der Waals surface area contributed by atoms with Gasteiger partial charge in [0, 0.05) is 24.3 Å². The molecule has 3 aromatic rings. The zero-order chi connectivity index (χ0) is 19.8. The average molecular weight is 374 g/mol. The van der Waals surface area contributed by atoms with Crippen LogP contribution in [0.5, 0.6) is 5.75 Å². The van der Waals surface area contributed by atoms with Gasteiger partial charge in [-0.1, -0.05) is 49.4 Å². The summed E-state index contributed by atoms with van der Waals surface area (Å²) in [4.78, 5) is 14.7. The molecule has 0 unspecified atom stereocenters. The van der Waals surface area contributed by atoms with E-state index >= 15 is 0 Å². The van der Waals surface area contributed by atoms with Crippen molar-refractivity contribution in [2.75, 3.05) is 19.0 Å². The second kappa shape index (κ2) is 9.72. The molecule has 1 amide bonds. The van der Waals surface area contributed by atoms with Gasteiger partial charge < -0.3 is 10.1 Å². The number of carbonyl (C=O) groups is 1. The lowest BCUT2D eigenvalue weighted by Crippen LogP contribution is -2.22. The van der Waals surface area contributed by atoms with Gasteiger partial charge in [-0.15, -0.1) is 0 Å². The van der Waals surface area contributed by atoms with E-state index in [-0.39, 0.29) is 5.91 Å². The van der Waals surface area contributed by atoms with Crippen molar-refractivity contribution in [3.63, 3.8) is 0 Å². The molecule has 4 nitrogen and oxygen atoms in total. The highest BCUT2D eigenvalue weighted by Gasteiger charge is 2.08. The van der Waals surface area contributed by atoms with Gasteiger partial charge in [0.05, 0.1) is 7.11 Å². The molecule has 0 aliphatic carbocycles. The third-order valence-electron chi connectivity index (χ3n) is 4.67. The van der Waals surface area contributed by atoms with Crippen LogP contribution in [0.4, 0.5) is 5.69 Å². The van der Waals surface area contributed by atoms with Crippen LogP contribution in [0.3, 0.4) is 0 Å². The lowest BCUT2D eigenvalue weighted by molar-refractivity contribution is 0.102.